The van der Waals surface area contributed by atoms with Crippen LogP contribution in [0.5, 0.6) is 5.75 Å². The summed E-state index contributed by atoms with van der Waals surface area (Å²) in [6, 6.07) is 7.03. The largest absolute Gasteiger partial charge is 0.483 e. The molecule has 2 heterocycles. The first-order chi connectivity index (χ1) is 12.4. The Morgan fingerprint density at radius 3 is 2.81 bits per heavy atom. The van der Waals surface area contributed by atoms with Crippen molar-refractivity contribution >= 4 is 17.6 Å². The van der Waals surface area contributed by atoms with Crippen molar-refractivity contribution < 1.29 is 14.3 Å². The van der Waals surface area contributed by atoms with Crippen LogP contribution >= 0.6 is 0 Å². The Morgan fingerprint density at radius 1 is 1.42 bits per heavy atom. The molecule has 0 saturated carbocycles. The molecule has 7 heteroatoms. The Bertz CT molecular complexity index is 836. The van der Waals surface area contributed by atoms with Gasteiger partial charge in [0.25, 0.3) is 0 Å². The van der Waals surface area contributed by atoms with Crippen molar-refractivity contribution in [2.45, 2.75) is 32.3 Å². The van der Waals surface area contributed by atoms with Crippen LogP contribution in [0.4, 0.5) is 4.79 Å². The summed E-state index contributed by atoms with van der Waals surface area (Å²) in [5, 5.41) is 14.6. The lowest BCUT2D eigenvalue weighted by molar-refractivity contribution is -0.125. The number of carbonyl (C=O) groups is 2. The molecule has 0 aromatic heterocycles. The molecule has 1 aromatic rings. The summed E-state index contributed by atoms with van der Waals surface area (Å²) in [7, 11) is 1.55. The van der Waals surface area contributed by atoms with Crippen LogP contribution in [0, 0.1) is 11.3 Å². The van der Waals surface area contributed by atoms with Crippen LogP contribution in [0.3, 0.4) is 0 Å². The fraction of sp³-hybridized carbons (Fsp3) is 0.421. The first kappa shape index (κ1) is 17.8. The van der Waals surface area contributed by atoms with Gasteiger partial charge >= 0.3 is 6.03 Å². The monoisotopic (exact) mass is 354 g/mol. The number of nitrogens with zero attached hydrogens (tertiary/aromatic N) is 2. The lowest BCUT2D eigenvalue weighted by Gasteiger charge is -2.39. The second-order valence-electron chi connectivity index (χ2n) is 6.84. The predicted octanol–water partition coefficient (Wildman–Crippen LogP) is 1.99. The van der Waals surface area contributed by atoms with Gasteiger partial charge in [-0.15, -0.1) is 0 Å². The second kappa shape index (κ2) is 6.71. The summed E-state index contributed by atoms with van der Waals surface area (Å²) in [6.07, 6.45) is 1.28. The van der Waals surface area contributed by atoms with Crippen molar-refractivity contribution in [1.82, 2.24) is 15.5 Å². The topological polar surface area (TPSA) is 94.5 Å². The second-order valence-corrected chi connectivity index (χ2v) is 6.84. The third-order valence-corrected chi connectivity index (χ3v) is 4.74. The van der Waals surface area contributed by atoms with Gasteiger partial charge in [-0.25, -0.2) is 4.79 Å². The van der Waals surface area contributed by atoms with Crippen LogP contribution in [0.25, 0.3) is 5.70 Å². The van der Waals surface area contributed by atoms with Crippen molar-refractivity contribution in [1.29, 1.82) is 5.26 Å². The van der Waals surface area contributed by atoms with Crippen LogP contribution in [-0.4, -0.2) is 42.6 Å². The maximum Gasteiger partial charge on any atom is 0.314 e. The Kier molecular flexibility index (Phi) is 4.60. The van der Waals surface area contributed by atoms with E-state index in [-0.39, 0.29) is 18.5 Å². The van der Waals surface area contributed by atoms with E-state index in [1.54, 1.807) is 30.1 Å². The molecule has 1 aromatic carbocycles. The molecule has 0 unspecified atom stereocenters. The van der Waals surface area contributed by atoms with E-state index in [2.05, 4.69) is 16.7 Å². The Hall–Kier alpha value is -3.01. The lowest BCUT2D eigenvalue weighted by atomic mass is 9.88. The van der Waals surface area contributed by atoms with E-state index >= 15 is 0 Å². The molecule has 3 amide bonds. The first-order valence-electron chi connectivity index (χ1n) is 8.60. The minimum Gasteiger partial charge on any atom is -0.483 e. The van der Waals surface area contributed by atoms with Crippen LogP contribution < -0.4 is 15.4 Å². The number of carbonyl (C=O) groups excluding carboxylic acids is 2. The van der Waals surface area contributed by atoms with E-state index in [1.165, 1.54) is 0 Å². The number of benzene rings is 1. The van der Waals surface area contributed by atoms with Gasteiger partial charge in [0.2, 0.25) is 5.91 Å². The number of nitrogens with one attached hydrogen (secondary N) is 2. The molecule has 0 radical (unpaired) electrons. The maximum absolute atomic E-state index is 12.5. The van der Waals surface area contributed by atoms with Crippen LogP contribution in [0.15, 0.2) is 23.8 Å². The Labute approximate surface area is 152 Å². The smallest absolute Gasteiger partial charge is 0.314 e. The zero-order valence-corrected chi connectivity index (χ0v) is 15.2. The van der Waals surface area contributed by atoms with Gasteiger partial charge in [-0.2, -0.15) is 5.26 Å². The normalized spacial score (nSPS) is 18.1. The molecule has 7 nitrogen and oxygen atoms in total. The molecule has 2 N–H and O–H groups in total. The van der Waals surface area contributed by atoms with Crippen molar-refractivity contribution in [2.24, 2.45) is 0 Å². The van der Waals surface area contributed by atoms with Gasteiger partial charge < -0.3 is 20.3 Å². The number of hydrogen-bond acceptors (Lipinski definition) is 4. The van der Waals surface area contributed by atoms with Gasteiger partial charge in [0, 0.05) is 37.7 Å². The molecule has 0 atom stereocenters. The molecule has 0 bridgehead atoms. The summed E-state index contributed by atoms with van der Waals surface area (Å²) < 4.78 is 6.15. The number of hydrogen-bond donors (Lipinski definition) is 2. The van der Waals surface area contributed by atoms with Crippen LogP contribution in [0.2, 0.25) is 0 Å². The summed E-state index contributed by atoms with van der Waals surface area (Å²) in [5.41, 5.74) is 2.05. The van der Waals surface area contributed by atoms with Gasteiger partial charge in [0.15, 0.2) is 0 Å². The molecule has 26 heavy (non-hydrogen) atoms. The highest BCUT2D eigenvalue weighted by Gasteiger charge is 2.39. The van der Waals surface area contributed by atoms with Crippen LogP contribution in [0.1, 0.15) is 37.8 Å². The minimum absolute atomic E-state index is 0.0449. The standard InChI is InChI=1S/C19H22N4O3/c1-19(2)14(11-22-18(25)21-3)17(23-8-4-5-16(23)24)13-9-12(10-20)6-7-15(13)26-19/h6-7,9H,4-5,8,11H2,1-3H3,(H2,21,22,25). The molecular formula is C19H22N4O3. The van der Waals surface area contributed by atoms with Gasteiger partial charge in [-0.05, 0) is 38.5 Å². The van der Waals surface area contributed by atoms with Crippen LogP contribution in [-0.2, 0) is 4.79 Å². The van der Waals surface area contributed by atoms with E-state index in [0.29, 0.717) is 29.8 Å². The molecule has 0 aliphatic carbocycles. The van der Waals surface area contributed by atoms with Gasteiger partial charge in [-0.1, -0.05) is 0 Å². The minimum atomic E-state index is -0.708. The molecule has 136 valence electrons. The molecule has 1 saturated heterocycles. The molecule has 3 rings (SSSR count). The quantitative estimate of drug-likeness (QED) is 0.868. The molecular weight excluding hydrogens is 332 g/mol. The summed E-state index contributed by atoms with van der Waals surface area (Å²) in [5.74, 6) is 0.677. The number of nitriles is 1. The third kappa shape index (κ3) is 3.10. The zero-order valence-electron chi connectivity index (χ0n) is 15.2. The number of ether oxygens (including phenoxy) is 1. The average molecular weight is 354 g/mol. The van der Waals surface area contributed by atoms with Gasteiger partial charge in [0.1, 0.15) is 11.4 Å². The molecule has 0 spiro atoms. The average Bonchev–Trinajstić information content (AvgIpc) is 3.03. The summed E-state index contributed by atoms with van der Waals surface area (Å²) >= 11 is 0. The van der Waals surface area contributed by atoms with E-state index in [1.807, 2.05) is 13.8 Å². The molecule has 2 aliphatic rings. The van der Waals surface area contributed by atoms with E-state index < -0.39 is 5.60 Å². The van der Waals surface area contributed by atoms with E-state index in [9.17, 15) is 14.9 Å². The fourth-order valence-corrected chi connectivity index (χ4v) is 3.40. The number of likely N-dealkylation sites (tertiary alicyclic amines) is 1. The van der Waals surface area contributed by atoms with Crippen molar-refractivity contribution in [3.8, 4) is 11.8 Å². The first-order valence-corrected chi connectivity index (χ1v) is 8.60. The number of rotatable bonds is 3. The van der Waals surface area contributed by atoms with E-state index in [4.69, 9.17) is 4.74 Å². The fourth-order valence-electron chi connectivity index (χ4n) is 3.40. The number of urea groups is 1. The highest BCUT2D eigenvalue weighted by Crippen LogP contribution is 2.43. The Morgan fingerprint density at radius 2 is 2.19 bits per heavy atom. The summed E-state index contributed by atoms with van der Waals surface area (Å²) in [6.45, 7) is 4.68. The summed E-state index contributed by atoms with van der Waals surface area (Å²) in [4.78, 5) is 25.9. The van der Waals surface area contributed by atoms with Gasteiger partial charge in [0.05, 0.1) is 17.3 Å². The lowest BCUT2D eigenvalue weighted by Crippen LogP contribution is -2.44. The highest BCUT2D eigenvalue weighted by atomic mass is 16.5. The highest BCUT2D eigenvalue weighted by molar-refractivity contribution is 5.92. The molecule has 2 aliphatic heterocycles. The number of fused-ring (bicyclic) bond motifs is 1. The third-order valence-electron chi connectivity index (χ3n) is 4.74. The van der Waals surface area contributed by atoms with Crippen molar-refractivity contribution in [3.05, 3.63) is 34.9 Å². The molecule has 1 fully saturated rings. The van der Waals surface area contributed by atoms with Gasteiger partial charge in [-0.3, -0.25) is 4.79 Å². The Balaban J connectivity index is 2.17. The number of amides is 3. The van der Waals surface area contributed by atoms with Crippen molar-refractivity contribution in [3.63, 3.8) is 0 Å². The predicted molar refractivity (Wildman–Crippen MR) is 96.2 cm³/mol. The zero-order chi connectivity index (χ0) is 18.9. The maximum atomic E-state index is 12.5. The van der Waals surface area contributed by atoms with Crippen molar-refractivity contribution in [2.75, 3.05) is 20.1 Å². The van der Waals surface area contributed by atoms with E-state index in [0.717, 1.165) is 17.7 Å². The SMILES string of the molecule is CNC(=O)NCC1=C(N2CCCC2=O)c2cc(C#N)ccc2OC1(C)C.